The first-order valence-electron chi connectivity index (χ1n) is 6.27. The smallest absolute Gasteiger partial charge is 0.223 e. The lowest BCUT2D eigenvalue weighted by molar-refractivity contribution is 0.450. The molecular weight excluding hydrogens is 306 g/mol. The Morgan fingerprint density at radius 1 is 1.37 bits per heavy atom. The third-order valence-corrected chi connectivity index (χ3v) is 3.33. The molecule has 2 heterocycles. The van der Waals surface area contributed by atoms with Crippen LogP contribution in [0.25, 0.3) is 0 Å². The summed E-state index contributed by atoms with van der Waals surface area (Å²) in [5, 5.41) is 3.47. The van der Waals surface area contributed by atoms with E-state index in [1.54, 1.807) is 18.6 Å². The maximum Gasteiger partial charge on any atom is 0.223 e. The fraction of sp³-hybridized carbons (Fsp3) is 0.286. The van der Waals surface area contributed by atoms with Crippen LogP contribution >= 0.6 is 15.9 Å². The molecule has 0 atom stereocenters. The predicted molar refractivity (Wildman–Crippen MR) is 76.1 cm³/mol. The highest BCUT2D eigenvalue weighted by Gasteiger charge is 2.21. The Kier molecular flexibility index (Phi) is 3.75. The highest BCUT2D eigenvalue weighted by molar-refractivity contribution is 9.10. The van der Waals surface area contributed by atoms with Gasteiger partial charge in [-0.25, -0.2) is 4.98 Å². The quantitative estimate of drug-likeness (QED) is 0.918. The molecule has 2 aromatic rings. The largest absolute Gasteiger partial charge is 0.437 e. The van der Waals surface area contributed by atoms with E-state index in [4.69, 9.17) is 4.74 Å². The summed E-state index contributed by atoms with van der Waals surface area (Å²) in [6.07, 6.45) is 7.67. The zero-order chi connectivity index (χ0) is 13.1. The van der Waals surface area contributed by atoms with Gasteiger partial charge in [0.15, 0.2) is 0 Å². The Morgan fingerprint density at radius 2 is 2.26 bits per heavy atom. The first-order chi connectivity index (χ1) is 9.31. The van der Waals surface area contributed by atoms with Crippen molar-refractivity contribution in [3.05, 3.63) is 46.8 Å². The molecule has 0 unspecified atom stereocenters. The Morgan fingerprint density at radius 3 is 3.00 bits per heavy atom. The molecule has 3 rings (SSSR count). The number of halogens is 1. The highest BCUT2D eigenvalue weighted by Crippen LogP contribution is 2.26. The molecule has 5 heteroatoms. The van der Waals surface area contributed by atoms with Gasteiger partial charge >= 0.3 is 0 Å². The van der Waals surface area contributed by atoms with Crippen molar-refractivity contribution in [1.82, 2.24) is 15.3 Å². The number of ether oxygens (including phenoxy) is 1. The molecule has 1 aliphatic rings. The standard InChI is InChI=1S/C14H14BrN3O/c15-11-6-10(7-17-12-3-4-12)14(18-8-11)19-13-2-1-5-16-9-13/h1-2,5-6,8-9,12,17H,3-4,7H2. The van der Waals surface area contributed by atoms with Gasteiger partial charge in [-0.2, -0.15) is 0 Å². The van der Waals surface area contributed by atoms with Crippen molar-refractivity contribution in [3.63, 3.8) is 0 Å². The molecule has 0 bridgehead atoms. The van der Waals surface area contributed by atoms with Gasteiger partial charge in [-0.05, 0) is 47.0 Å². The summed E-state index contributed by atoms with van der Waals surface area (Å²) >= 11 is 3.45. The van der Waals surface area contributed by atoms with Crippen LogP contribution in [-0.2, 0) is 6.54 Å². The van der Waals surface area contributed by atoms with Crippen LogP contribution in [0.1, 0.15) is 18.4 Å². The van der Waals surface area contributed by atoms with Gasteiger partial charge in [0, 0.05) is 35.0 Å². The molecule has 0 aliphatic heterocycles. The molecule has 0 spiro atoms. The van der Waals surface area contributed by atoms with Crippen molar-refractivity contribution in [2.45, 2.75) is 25.4 Å². The first-order valence-corrected chi connectivity index (χ1v) is 7.06. The van der Waals surface area contributed by atoms with Gasteiger partial charge in [0.1, 0.15) is 5.75 Å². The second kappa shape index (κ2) is 5.67. The molecule has 1 saturated carbocycles. The van der Waals surface area contributed by atoms with Crippen LogP contribution in [0.5, 0.6) is 11.6 Å². The van der Waals surface area contributed by atoms with Crippen LogP contribution in [0.15, 0.2) is 41.3 Å². The fourth-order valence-electron chi connectivity index (χ4n) is 1.75. The predicted octanol–water partition coefficient (Wildman–Crippen LogP) is 3.28. The van der Waals surface area contributed by atoms with E-state index in [1.807, 2.05) is 18.2 Å². The van der Waals surface area contributed by atoms with Crippen molar-refractivity contribution < 1.29 is 4.74 Å². The molecule has 0 saturated heterocycles. The van der Waals surface area contributed by atoms with Crippen molar-refractivity contribution in [3.8, 4) is 11.6 Å². The minimum Gasteiger partial charge on any atom is -0.437 e. The summed E-state index contributed by atoms with van der Waals surface area (Å²) in [5.41, 5.74) is 1.05. The van der Waals surface area contributed by atoms with Crippen molar-refractivity contribution in [2.75, 3.05) is 0 Å². The van der Waals surface area contributed by atoms with E-state index < -0.39 is 0 Å². The number of pyridine rings is 2. The number of nitrogens with zero attached hydrogens (tertiary/aromatic N) is 2. The van der Waals surface area contributed by atoms with E-state index in [0.29, 0.717) is 17.7 Å². The van der Waals surface area contributed by atoms with Crippen LogP contribution in [0.2, 0.25) is 0 Å². The maximum atomic E-state index is 5.78. The van der Waals surface area contributed by atoms with Gasteiger partial charge in [-0.3, -0.25) is 4.98 Å². The molecule has 1 aliphatic carbocycles. The zero-order valence-corrected chi connectivity index (χ0v) is 11.9. The lowest BCUT2D eigenvalue weighted by atomic mass is 10.2. The number of rotatable bonds is 5. The highest BCUT2D eigenvalue weighted by atomic mass is 79.9. The van der Waals surface area contributed by atoms with Crippen molar-refractivity contribution >= 4 is 15.9 Å². The van der Waals surface area contributed by atoms with E-state index in [-0.39, 0.29) is 0 Å². The molecule has 1 N–H and O–H groups in total. The third kappa shape index (κ3) is 3.52. The zero-order valence-electron chi connectivity index (χ0n) is 10.3. The summed E-state index contributed by atoms with van der Waals surface area (Å²) < 4.78 is 6.74. The minimum atomic E-state index is 0.629. The average molecular weight is 320 g/mol. The van der Waals surface area contributed by atoms with E-state index in [2.05, 4.69) is 31.2 Å². The van der Waals surface area contributed by atoms with Crippen LogP contribution in [0.3, 0.4) is 0 Å². The fourth-order valence-corrected chi connectivity index (χ4v) is 2.13. The Bertz CT molecular complexity index is 558. The summed E-state index contributed by atoms with van der Waals surface area (Å²) in [6, 6.07) is 6.41. The van der Waals surface area contributed by atoms with Crippen LogP contribution in [0.4, 0.5) is 0 Å². The van der Waals surface area contributed by atoms with Crippen LogP contribution in [0, 0.1) is 0 Å². The number of nitrogens with one attached hydrogen (secondary N) is 1. The molecule has 1 fully saturated rings. The van der Waals surface area contributed by atoms with Gasteiger partial charge in [0.05, 0.1) is 6.20 Å². The van der Waals surface area contributed by atoms with E-state index in [9.17, 15) is 0 Å². The first kappa shape index (κ1) is 12.6. The summed E-state index contributed by atoms with van der Waals surface area (Å²) in [7, 11) is 0. The second-order valence-electron chi connectivity index (χ2n) is 4.56. The minimum absolute atomic E-state index is 0.629. The van der Waals surface area contributed by atoms with E-state index >= 15 is 0 Å². The lowest BCUT2D eigenvalue weighted by Crippen LogP contribution is -2.16. The molecule has 98 valence electrons. The molecule has 4 nitrogen and oxygen atoms in total. The van der Waals surface area contributed by atoms with Gasteiger partial charge < -0.3 is 10.1 Å². The lowest BCUT2D eigenvalue weighted by Gasteiger charge is -2.10. The number of aromatic nitrogens is 2. The molecule has 2 aromatic heterocycles. The second-order valence-corrected chi connectivity index (χ2v) is 5.48. The maximum absolute atomic E-state index is 5.78. The number of hydrogen-bond donors (Lipinski definition) is 1. The van der Waals surface area contributed by atoms with Crippen LogP contribution in [-0.4, -0.2) is 16.0 Å². The van der Waals surface area contributed by atoms with Crippen LogP contribution < -0.4 is 10.1 Å². The summed E-state index contributed by atoms with van der Waals surface area (Å²) in [5.74, 6) is 1.33. The third-order valence-electron chi connectivity index (χ3n) is 2.90. The Hall–Kier alpha value is -1.46. The number of hydrogen-bond acceptors (Lipinski definition) is 4. The molecular formula is C14H14BrN3O. The SMILES string of the molecule is Brc1cnc(Oc2cccnc2)c(CNC2CC2)c1. The monoisotopic (exact) mass is 319 g/mol. The summed E-state index contributed by atoms with van der Waals surface area (Å²) in [6.45, 7) is 0.771. The topological polar surface area (TPSA) is 47.0 Å². The Labute approximate surface area is 120 Å². The van der Waals surface area contributed by atoms with Gasteiger partial charge in [0.25, 0.3) is 0 Å². The van der Waals surface area contributed by atoms with Gasteiger partial charge in [-0.15, -0.1) is 0 Å². The van der Waals surface area contributed by atoms with Gasteiger partial charge in [-0.1, -0.05) is 0 Å². The molecule has 0 aromatic carbocycles. The molecule has 0 amide bonds. The normalized spacial score (nSPS) is 14.4. The van der Waals surface area contributed by atoms with E-state index in [0.717, 1.165) is 16.6 Å². The Balaban J connectivity index is 1.78. The van der Waals surface area contributed by atoms with E-state index in [1.165, 1.54) is 12.8 Å². The average Bonchev–Trinajstić information content (AvgIpc) is 3.24. The van der Waals surface area contributed by atoms with Crippen molar-refractivity contribution in [2.24, 2.45) is 0 Å². The summed E-state index contributed by atoms with van der Waals surface area (Å²) in [4.78, 5) is 8.37. The van der Waals surface area contributed by atoms with Gasteiger partial charge in [0.2, 0.25) is 5.88 Å². The molecule has 19 heavy (non-hydrogen) atoms. The van der Waals surface area contributed by atoms with Crippen molar-refractivity contribution in [1.29, 1.82) is 0 Å². The molecule has 0 radical (unpaired) electrons.